The summed E-state index contributed by atoms with van der Waals surface area (Å²) in [5.74, 6) is 0. The van der Waals surface area contributed by atoms with Crippen LogP contribution in [0, 0.1) is 18.3 Å². The molecule has 2 aromatic rings. The maximum absolute atomic E-state index is 10.7. The van der Waals surface area contributed by atoms with Gasteiger partial charge in [-0.2, -0.15) is 5.26 Å². The molecule has 1 heterocycles. The summed E-state index contributed by atoms with van der Waals surface area (Å²) in [4.78, 5) is 13.6. The molecule has 14 heavy (non-hydrogen) atoms. The third-order valence-corrected chi connectivity index (χ3v) is 2.34. The van der Waals surface area contributed by atoms with Crippen LogP contribution in [-0.2, 0) is 0 Å². The molecule has 0 aliphatic rings. The number of fused-ring (bicyclic) bond motifs is 1. The number of nitrogens with zero attached hydrogens (tertiary/aromatic N) is 1. The fourth-order valence-electron chi connectivity index (χ4n) is 1.55. The highest BCUT2D eigenvalue weighted by molar-refractivity contribution is 5.92. The Morgan fingerprint density at radius 3 is 2.93 bits per heavy atom. The van der Waals surface area contributed by atoms with Crippen molar-refractivity contribution >= 4 is 17.2 Å². The molecule has 0 radical (unpaired) electrons. The molecule has 1 N–H and O–H groups in total. The summed E-state index contributed by atoms with van der Waals surface area (Å²) >= 11 is 0. The average Bonchev–Trinajstić information content (AvgIpc) is 2.55. The number of aldehydes is 1. The van der Waals surface area contributed by atoms with Crippen molar-refractivity contribution in [2.45, 2.75) is 6.92 Å². The highest BCUT2D eigenvalue weighted by Gasteiger charge is 2.06. The second-order valence-corrected chi connectivity index (χ2v) is 3.15. The maximum Gasteiger partial charge on any atom is 0.166 e. The molecule has 0 aliphatic carbocycles. The molecule has 2 rings (SSSR count). The van der Waals surface area contributed by atoms with Crippen LogP contribution >= 0.6 is 0 Å². The first-order valence-corrected chi connectivity index (χ1v) is 4.24. The summed E-state index contributed by atoms with van der Waals surface area (Å²) in [6.07, 6.45) is 0.793. The van der Waals surface area contributed by atoms with Gasteiger partial charge in [0.2, 0.25) is 0 Å². The van der Waals surface area contributed by atoms with E-state index in [1.165, 1.54) is 0 Å². The molecule has 0 saturated heterocycles. The molecular weight excluding hydrogens is 176 g/mol. The van der Waals surface area contributed by atoms with Crippen molar-refractivity contribution < 1.29 is 4.79 Å². The van der Waals surface area contributed by atoms with Gasteiger partial charge in [-0.1, -0.05) is 6.07 Å². The van der Waals surface area contributed by atoms with Gasteiger partial charge < -0.3 is 4.98 Å². The van der Waals surface area contributed by atoms with Gasteiger partial charge in [0.25, 0.3) is 0 Å². The highest BCUT2D eigenvalue weighted by atomic mass is 16.1. The van der Waals surface area contributed by atoms with Crippen LogP contribution < -0.4 is 0 Å². The summed E-state index contributed by atoms with van der Waals surface area (Å²) in [5, 5.41) is 9.69. The van der Waals surface area contributed by atoms with Gasteiger partial charge in [-0.15, -0.1) is 0 Å². The van der Waals surface area contributed by atoms with Gasteiger partial charge in [0.05, 0.1) is 17.3 Å². The Morgan fingerprint density at radius 1 is 1.50 bits per heavy atom. The summed E-state index contributed by atoms with van der Waals surface area (Å²) < 4.78 is 0. The maximum atomic E-state index is 10.7. The number of hydrogen-bond acceptors (Lipinski definition) is 2. The van der Waals surface area contributed by atoms with Gasteiger partial charge in [-0.3, -0.25) is 4.79 Å². The van der Waals surface area contributed by atoms with E-state index in [-0.39, 0.29) is 0 Å². The average molecular weight is 184 g/mol. The summed E-state index contributed by atoms with van der Waals surface area (Å²) in [5.41, 5.74) is 2.94. The largest absolute Gasteiger partial charge is 0.352 e. The van der Waals surface area contributed by atoms with Crippen molar-refractivity contribution in [2.75, 3.05) is 0 Å². The van der Waals surface area contributed by atoms with Crippen LogP contribution in [0.15, 0.2) is 18.2 Å². The minimum absolute atomic E-state index is 0.579. The molecule has 0 aliphatic heterocycles. The van der Waals surface area contributed by atoms with E-state index in [1.54, 1.807) is 12.1 Å². The van der Waals surface area contributed by atoms with Gasteiger partial charge in [0, 0.05) is 10.9 Å². The van der Waals surface area contributed by atoms with Crippen molar-refractivity contribution in [2.24, 2.45) is 0 Å². The van der Waals surface area contributed by atoms with E-state index in [4.69, 9.17) is 5.26 Å². The molecule has 68 valence electrons. The Morgan fingerprint density at radius 2 is 2.29 bits per heavy atom. The lowest BCUT2D eigenvalue weighted by Crippen LogP contribution is -1.80. The van der Waals surface area contributed by atoms with Crippen LogP contribution in [0.4, 0.5) is 0 Å². The van der Waals surface area contributed by atoms with Crippen molar-refractivity contribution in [3.05, 3.63) is 35.0 Å². The van der Waals surface area contributed by atoms with Crippen LogP contribution in [0.5, 0.6) is 0 Å². The minimum atomic E-state index is 0.579. The number of aromatic amines is 1. The van der Waals surface area contributed by atoms with E-state index in [0.29, 0.717) is 11.3 Å². The van der Waals surface area contributed by atoms with Crippen LogP contribution in [0.2, 0.25) is 0 Å². The summed E-state index contributed by atoms with van der Waals surface area (Å²) in [6.45, 7) is 1.88. The molecular formula is C11H8N2O. The van der Waals surface area contributed by atoms with E-state index >= 15 is 0 Å². The summed E-state index contributed by atoms with van der Waals surface area (Å²) in [6, 6.07) is 7.40. The third-order valence-electron chi connectivity index (χ3n) is 2.34. The Labute approximate surface area is 81.0 Å². The van der Waals surface area contributed by atoms with E-state index < -0.39 is 0 Å². The first kappa shape index (κ1) is 8.52. The first-order valence-electron chi connectivity index (χ1n) is 4.24. The molecule has 0 amide bonds. The van der Waals surface area contributed by atoms with Crippen LogP contribution in [0.3, 0.4) is 0 Å². The Balaban J connectivity index is 2.80. The molecule has 0 fully saturated rings. The molecule has 0 saturated carbocycles. The molecule has 1 aromatic carbocycles. The number of hydrogen-bond donors (Lipinski definition) is 1. The number of carbonyl (C=O) groups excluding carboxylic acids is 1. The first-order chi connectivity index (χ1) is 6.76. The second kappa shape index (κ2) is 3.00. The molecule has 3 heteroatoms. The van der Waals surface area contributed by atoms with Crippen LogP contribution in [0.25, 0.3) is 10.9 Å². The van der Waals surface area contributed by atoms with Crippen molar-refractivity contribution in [3.8, 4) is 6.07 Å². The zero-order chi connectivity index (χ0) is 10.1. The zero-order valence-electron chi connectivity index (χ0n) is 7.66. The molecule has 1 aromatic heterocycles. The van der Waals surface area contributed by atoms with Crippen molar-refractivity contribution in [1.29, 1.82) is 5.26 Å². The summed E-state index contributed by atoms with van der Waals surface area (Å²) in [7, 11) is 0. The topological polar surface area (TPSA) is 56.6 Å². The Bertz CT molecular complexity index is 546. The highest BCUT2D eigenvalue weighted by Crippen LogP contribution is 2.21. The van der Waals surface area contributed by atoms with Gasteiger partial charge in [0.1, 0.15) is 0 Å². The molecule has 0 unspecified atom stereocenters. The Hall–Kier alpha value is -2.08. The van der Waals surface area contributed by atoms with E-state index in [2.05, 4.69) is 11.1 Å². The molecule has 0 atom stereocenters. The third kappa shape index (κ3) is 1.09. The smallest absolute Gasteiger partial charge is 0.166 e. The molecule has 3 nitrogen and oxygen atoms in total. The predicted octanol–water partition coefficient (Wildman–Crippen LogP) is 2.16. The van der Waals surface area contributed by atoms with Gasteiger partial charge in [0.15, 0.2) is 6.29 Å². The zero-order valence-corrected chi connectivity index (χ0v) is 7.66. The lowest BCUT2D eigenvalue weighted by molar-refractivity contribution is 0.111. The number of H-pyrrole nitrogens is 1. The number of carbonyl (C=O) groups is 1. The number of benzene rings is 1. The standard InChI is InChI=1S/C11H8N2O/c1-7-9-3-2-8(5-12)4-10(9)13-11(7)6-14/h2-4,6,13H,1H3. The van der Waals surface area contributed by atoms with E-state index in [1.807, 2.05) is 13.0 Å². The number of aromatic nitrogens is 1. The number of aryl methyl sites for hydroxylation is 1. The predicted molar refractivity (Wildman–Crippen MR) is 53.1 cm³/mol. The van der Waals surface area contributed by atoms with Crippen molar-refractivity contribution in [1.82, 2.24) is 4.98 Å². The fraction of sp³-hybridized carbons (Fsp3) is 0.0909. The quantitative estimate of drug-likeness (QED) is 0.690. The normalized spacial score (nSPS) is 10.0. The minimum Gasteiger partial charge on any atom is -0.352 e. The van der Waals surface area contributed by atoms with Crippen LogP contribution in [-0.4, -0.2) is 11.3 Å². The number of rotatable bonds is 1. The Kier molecular flexibility index (Phi) is 1.83. The van der Waals surface area contributed by atoms with Crippen LogP contribution in [0.1, 0.15) is 21.6 Å². The van der Waals surface area contributed by atoms with Crippen molar-refractivity contribution in [3.63, 3.8) is 0 Å². The lowest BCUT2D eigenvalue weighted by atomic mass is 10.1. The monoisotopic (exact) mass is 184 g/mol. The molecule has 0 bridgehead atoms. The van der Waals surface area contributed by atoms with E-state index in [9.17, 15) is 4.79 Å². The fourth-order valence-corrected chi connectivity index (χ4v) is 1.55. The van der Waals surface area contributed by atoms with E-state index in [0.717, 1.165) is 22.8 Å². The molecule has 0 spiro atoms. The lowest BCUT2D eigenvalue weighted by Gasteiger charge is -1.91. The second-order valence-electron chi connectivity index (χ2n) is 3.15. The SMILES string of the molecule is Cc1c(C=O)[nH]c2cc(C#N)ccc12. The number of nitrogens with one attached hydrogen (secondary N) is 1. The van der Waals surface area contributed by atoms with Gasteiger partial charge in [-0.25, -0.2) is 0 Å². The number of nitriles is 1. The van der Waals surface area contributed by atoms with Gasteiger partial charge >= 0.3 is 0 Å². The van der Waals surface area contributed by atoms with Gasteiger partial charge in [-0.05, 0) is 24.6 Å².